The van der Waals surface area contributed by atoms with Gasteiger partial charge in [0.25, 0.3) is 0 Å². The van der Waals surface area contributed by atoms with E-state index in [1.54, 1.807) is 17.5 Å². The Kier molecular flexibility index (Phi) is 8.36. The Hall–Kier alpha value is -4.99. The molecule has 5 aromatic rings. The standard InChI is InChI=1S/C43H49N9O5S/c1-25-27-8-7-14-51(36(27)50-49-35(25)48-38-46-30-9-5-6-10-31(30)58-38)32-12-11-28(34(47-32)37(55)56)29-16-45-52(26(29)2)24-41-18-39(3)19-42(23-41)40(4,21-41)22-43(42,20-39)57-15-13-44-17-33(53)54/h5-6,9-12,16,44H,7-8,13-15,17-24H2,1-4H3,(H,53,54)(H,55,56)(H,46,48,49). The predicted molar refractivity (Wildman–Crippen MR) is 220 cm³/mol. The third-order valence-electron chi connectivity index (χ3n) is 14.5. The zero-order valence-corrected chi connectivity index (χ0v) is 34.2. The Bertz CT molecular complexity index is 2490. The number of hydrogen-bond acceptors (Lipinski definition) is 12. The lowest BCUT2D eigenvalue weighted by Crippen LogP contribution is -2.65. The molecule has 4 aromatic heterocycles. The predicted octanol–water partition coefficient (Wildman–Crippen LogP) is 7.30. The van der Waals surface area contributed by atoms with Gasteiger partial charge in [0.15, 0.2) is 22.5 Å². The van der Waals surface area contributed by atoms with Crippen LogP contribution in [-0.4, -0.2) is 83.9 Å². The highest BCUT2D eigenvalue weighted by atomic mass is 32.1. The summed E-state index contributed by atoms with van der Waals surface area (Å²) in [5.41, 5.74) is 5.54. The van der Waals surface area contributed by atoms with Crippen LogP contribution in [0.15, 0.2) is 42.6 Å². The van der Waals surface area contributed by atoms with Crippen LogP contribution < -0.4 is 15.5 Å². The third kappa shape index (κ3) is 5.59. The summed E-state index contributed by atoms with van der Waals surface area (Å²) in [5.74, 6) is -0.0822. The van der Waals surface area contributed by atoms with Gasteiger partial charge in [-0.05, 0) is 106 Å². The largest absolute Gasteiger partial charge is 0.480 e. The number of carboxylic acids is 2. The van der Waals surface area contributed by atoms with Crippen molar-refractivity contribution in [2.45, 2.75) is 91.2 Å². The molecule has 5 atom stereocenters. The van der Waals surface area contributed by atoms with Crippen molar-refractivity contribution in [3.63, 3.8) is 0 Å². The second-order valence-corrected chi connectivity index (χ2v) is 19.5. The van der Waals surface area contributed by atoms with Gasteiger partial charge in [-0.1, -0.05) is 37.3 Å². The molecular formula is C43H49N9O5S. The van der Waals surface area contributed by atoms with E-state index >= 15 is 0 Å². The smallest absolute Gasteiger partial charge is 0.355 e. The number of carbonyl (C=O) groups is 2. The third-order valence-corrected chi connectivity index (χ3v) is 15.4. The van der Waals surface area contributed by atoms with E-state index in [4.69, 9.17) is 24.9 Å². The van der Waals surface area contributed by atoms with Crippen molar-refractivity contribution in [1.82, 2.24) is 35.3 Å². The maximum Gasteiger partial charge on any atom is 0.355 e. The molecule has 14 nitrogen and oxygen atoms in total. The molecule has 1 spiro atoms. The molecule has 1 aromatic carbocycles. The fourth-order valence-electron chi connectivity index (χ4n) is 12.9. The number of rotatable bonds is 13. The molecule has 5 aliphatic rings. The highest BCUT2D eigenvalue weighted by Crippen LogP contribution is 2.88. The van der Waals surface area contributed by atoms with Gasteiger partial charge in [0, 0.05) is 53.0 Å². The number of ether oxygens (including phenoxy) is 1. The molecule has 10 rings (SSSR count). The van der Waals surface area contributed by atoms with Gasteiger partial charge < -0.3 is 30.5 Å². The van der Waals surface area contributed by atoms with Crippen LogP contribution in [0.4, 0.5) is 22.6 Å². The second kappa shape index (κ2) is 13.0. The normalized spacial score (nSPS) is 29.1. The monoisotopic (exact) mass is 803 g/mol. The summed E-state index contributed by atoms with van der Waals surface area (Å²) in [6, 6.07) is 11.8. The SMILES string of the molecule is Cc1c(Nc2nc3ccccc3s2)nnc2c1CCCN2c1ccc(-c2cnn(CC34CC5(C)CC6(OCCNCC(=O)O)CC(C)(C3)C6(C5)C4)c2C)c(C(=O)O)n1. The molecule has 5 unspecified atom stereocenters. The molecule has 0 amide bonds. The summed E-state index contributed by atoms with van der Waals surface area (Å²) in [6.07, 6.45) is 10.0. The van der Waals surface area contributed by atoms with Crippen molar-refractivity contribution >= 4 is 56.1 Å². The fourth-order valence-corrected chi connectivity index (χ4v) is 13.8. The second-order valence-electron chi connectivity index (χ2n) is 18.4. The topological polar surface area (TPSA) is 181 Å². The molecule has 0 radical (unpaired) electrons. The van der Waals surface area contributed by atoms with E-state index < -0.39 is 11.9 Å². The van der Waals surface area contributed by atoms with Crippen LogP contribution in [0.25, 0.3) is 21.3 Å². The van der Waals surface area contributed by atoms with Crippen molar-refractivity contribution in [3.8, 4) is 11.1 Å². The number of pyridine rings is 1. The van der Waals surface area contributed by atoms with Crippen LogP contribution in [0, 0.1) is 35.5 Å². The molecule has 4 fully saturated rings. The molecule has 3 bridgehead atoms. The Morgan fingerprint density at radius 2 is 1.81 bits per heavy atom. The van der Waals surface area contributed by atoms with Crippen LogP contribution in [0.5, 0.6) is 0 Å². The van der Waals surface area contributed by atoms with Gasteiger partial charge >= 0.3 is 11.9 Å². The maximum absolute atomic E-state index is 12.9. The number of hydrogen-bond donors (Lipinski definition) is 4. The molecule has 4 aliphatic carbocycles. The Labute approximate surface area is 340 Å². The number of aromatic nitrogens is 6. The lowest BCUT2D eigenvalue weighted by Gasteiger charge is -2.64. The number of benzene rings is 1. The zero-order chi connectivity index (χ0) is 40.2. The summed E-state index contributed by atoms with van der Waals surface area (Å²) in [7, 11) is 0. The first-order valence-corrected chi connectivity index (χ1v) is 21.2. The van der Waals surface area contributed by atoms with E-state index in [0.717, 1.165) is 89.2 Å². The molecule has 1 aliphatic heterocycles. The summed E-state index contributed by atoms with van der Waals surface area (Å²) in [4.78, 5) is 35.4. The first-order chi connectivity index (χ1) is 27.7. The van der Waals surface area contributed by atoms with E-state index in [-0.39, 0.29) is 39.5 Å². The van der Waals surface area contributed by atoms with Crippen LogP contribution in [-0.2, 0) is 22.5 Å². The summed E-state index contributed by atoms with van der Waals surface area (Å²) in [5, 5.41) is 40.9. The van der Waals surface area contributed by atoms with Crippen LogP contribution in [0.2, 0.25) is 0 Å². The Balaban J connectivity index is 0.895. The molecule has 0 saturated heterocycles. The van der Waals surface area contributed by atoms with Gasteiger partial charge in [-0.2, -0.15) is 5.10 Å². The van der Waals surface area contributed by atoms with Gasteiger partial charge in [0.05, 0.1) is 35.2 Å². The molecule has 4 saturated carbocycles. The van der Waals surface area contributed by atoms with Crippen molar-refractivity contribution in [2.75, 3.05) is 36.5 Å². The van der Waals surface area contributed by atoms with E-state index in [1.165, 1.54) is 6.42 Å². The molecule has 4 N–H and O–H groups in total. The van der Waals surface area contributed by atoms with E-state index in [2.05, 4.69) is 39.4 Å². The van der Waals surface area contributed by atoms with E-state index in [0.29, 0.717) is 42.7 Å². The molecule has 5 heterocycles. The van der Waals surface area contributed by atoms with Gasteiger partial charge in [-0.3, -0.25) is 9.48 Å². The zero-order valence-electron chi connectivity index (χ0n) is 33.4. The first kappa shape index (κ1) is 37.3. The van der Waals surface area contributed by atoms with Gasteiger partial charge in [-0.25, -0.2) is 14.8 Å². The lowest BCUT2D eigenvalue weighted by atomic mass is 9.44. The molecule has 58 heavy (non-hydrogen) atoms. The lowest BCUT2D eigenvalue weighted by molar-refractivity contribution is -0.252. The van der Waals surface area contributed by atoms with E-state index in [9.17, 15) is 14.7 Å². The number of thiazole rings is 1. The van der Waals surface area contributed by atoms with E-state index in [1.807, 2.05) is 55.1 Å². The van der Waals surface area contributed by atoms with Gasteiger partial charge in [0.1, 0.15) is 5.82 Å². The number of nitrogens with zero attached hydrogens (tertiary/aromatic N) is 7. The number of nitrogens with one attached hydrogen (secondary N) is 2. The summed E-state index contributed by atoms with van der Waals surface area (Å²) in [6.45, 7) is 11.4. The minimum absolute atomic E-state index is 0.0162. The Morgan fingerprint density at radius 1 is 0.966 bits per heavy atom. The van der Waals surface area contributed by atoms with Crippen LogP contribution in [0.1, 0.15) is 86.1 Å². The van der Waals surface area contributed by atoms with Crippen molar-refractivity contribution < 1.29 is 24.5 Å². The van der Waals surface area contributed by atoms with Gasteiger partial charge in [0.2, 0.25) is 0 Å². The highest BCUT2D eigenvalue weighted by molar-refractivity contribution is 7.22. The Morgan fingerprint density at radius 3 is 2.62 bits per heavy atom. The van der Waals surface area contributed by atoms with Crippen molar-refractivity contribution in [1.29, 1.82) is 0 Å². The number of para-hydroxylation sites is 1. The number of carboxylic acid groups (broad SMARTS) is 2. The molecular weight excluding hydrogens is 755 g/mol. The van der Waals surface area contributed by atoms with Gasteiger partial charge in [-0.15, -0.1) is 10.2 Å². The first-order valence-electron chi connectivity index (χ1n) is 20.3. The number of fused-ring (bicyclic) bond motifs is 4. The van der Waals surface area contributed by atoms with Crippen molar-refractivity contribution in [2.24, 2.45) is 21.7 Å². The summed E-state index contributed by atoms with van der Waals surface area (Å²) >= 11 is 1.57. The summed E-state index contributed by atoms with van der Waals surface area (Å²) < 4.78 is 9.97. The number of anilines is 4. The average Bonchev–Trinajstić information content (AvgIpc) is 3.83. The maximum atomic E-state index is 12.9. The fraction of sp³-hybridized carbons (Fsp3) is 0.512. The quantitative estimate of drug-likeness (QED) is 0.0872. The highest BCUT2D eigenvalue weighted by Gasteiger charge is 2.85. The number of aliphatic carboxylic acids is 1. The van der Waals surface area contributed by atoms with Crippen LogP contribution >= 0.6 is 11.3 Å². The number of aromatic carboxylic acids is 1. The van der Waals surface area contributed by atoms with Crippen molar-refractivity contribution in [3.05, 3.63) is 65.1 Å². The minimum Gasteiger partial charge on any atom is -0.480 e. The molecule has 302 valence electrons. The van der Waals surface area contributed by atoms with Crippen LogP contribution in [0.3, 0.4) is 0 Å². The average molecular weight is 804 g/mol. The molecule has 15 heteroatoms. The minimum atomic E-state index is -1.09.